The van der Waals surface area contributed by atoms with E-state index in [9.17, 15) is 9.59 Å². The van der Waals surface area contributed by atoms with Gasteiger partial charge < -0.3 is 35.5 Å². The Balaban J connectivity index is 1.39. The van der Waals surface area contributed by atoms with Crippen LogP contribution < -0.4 is 20.4 Å². The zero-order valence-electron chi connectivity index (χ0n) is 25.0. The molecule has 2 amide bonds. The summed E-state index contributed by atoms with van der Waals surface area (Å²) in [4.78, 5) is 34.5. The molecule has 0 unspecified atom stereocenters. The maximum Gasteiger partial charge on any atom is 0.255 e. The lowest BCUT2D eigenvalue weighted by Gasteiger charge is -2.18. The van der Waals surface area contributed by atoms with E-state index in [1.165, 1.54) is 7.11 Å². The molecule has 10 nitrogen and oxygen atoms in total. The Morgan fingerprint density at radius 3 is 1.27 bits per heavy atom. The van der Waals surface area contributed by atoms with Crippen LogP contribution in [-0.4, -0.2) is 75.2 Å². The molecule has 0 spiro atoms. The average Bonchev–Trinajstić information content (AvgIpc) is 3.05. The van der Waals surface area contributed by atoms with E-state index in [1.54, 1.807) is 48.5 Å². The molecule has 44 heavy (non-hydrogen) atoms. The first-order chi connectivity index (χ1) is 21.3. The number of aliphatic hydroxyl groups is 2. The van der Waals surface area contributed by atoms with E-state index in [1.807, 2.05) is 72.4 Å². The maximum absolute atomic E-state index is 12.8. The Kier molecular flexibility index (Phi) is 11.1. The first-order valence-corrected chi connectivity index (χ1v) is 14.1. The molecule has 0 aromatic heterocycles. The van der Waals surface area contributed by atoms with Crippen molar-refractivity contribution in [2.24, 2.45) is 5.16 Å². The lowest BCUT2D eigenvalue weighted by molar-refractivity contribution is 0.101. The van der Waals surface area contributed by atoms with Gasteiger partial charge in [0.25, 0.3) is 11.8 Å². The molecule has 4 aromatic rings. The predicted octanol–water partition coefficient (Wildman–Crippen LogP) is 4.45. The molecule has 0 heterocycles. The van der Waals surface area contributed by atoms with Crippen LogP contribution in [0, 0.1) is 0 Å². The molecule has 4 N–H and O–H groups in total. The lowest BCUT2D eigenvalue weighted by atomic mass is 10.0. The largest absolute Gasteiger partial charge is 0.399 e. The van der Waals surface area contributed by atoms with Crippen molar-refractivity contribution < 1.29 is 24.6 Å². The summed E-state index contributed by atoms with van der Waals surface area (Å²) in [5.74, 6) is -0.468. The molecule has 0 atom stereocenters. The molecule has 0 saturated carbocycles. The number of carbonyl (C=O) groups excluding carboxylic acids is 2. The number of hydrogen-bond donors (Lipinski definition) is 4. The van der Waals surface area contributed by atoms with Gasteiger partial charge in [0.05, 0.1) is 13.2 Å². The number of aliphatic hydroxyl groups excluding tert-OH is 2. The lowest BCUT2D eigenvalue weighted by Crippen LogP contribution is -2.21. The summed E-state index contributed by atoms with van der Waals surface area (Å²) in [6.45, 7) is 1.12. The van der Waals surface area contributed by atoms with Gasteiger partial charge in [-0.3, -0.25) is 9.59 Å². The molecule has 0 radical (unpaired) electrons. The van der Waals surface area contributed by atoms with Crippen LogP contribution in [0.5, 0.6) is 0 Å². The SMILES string of the molecule is CON=C(c1ccc(NC(=O)c2ccc(N(C)CCO)cc2)cc1)c1ccc(NC(=O)c2ccc(N(C)CCO)cc2)cc1. The van der Waals surface area contributed by atoms with Crippen LogP contribution in [0.3, 0.4) is 0 Å². The summed E-state index contributed by atoms with van der Waals surface area (Å²) in [6.07, 6.45) is 0. The fourth-order valence-corrected chi connectivity index (χ4v) is 4.49. The quantitative estimate of drug-likeness (QED) is 0.133. The number of likely N-dealkylation sites (N-methyl/N-ethyl adjacent to an activating group) is 2. The topological polar surface area (TPSA) is 127 Å². The minimum atomic E-state index is -0.234. The molecule has 0 aliphatic rings. The third kappa shape index (κ3) is 8.21. The number of oxime groups is 1. The summed E-state index contributed by atoms with van der Waals surface area (Å²) in [7, 11) is 5.23. The monoisotopic (exact) mass is 595 g/mol. The van der Waals surface area contributed by atoms with Gasteiger partial charge in [0.2, 0.25) is 0 Å². The number of rotatable bonds is 13. The number of nitrogens with one attached hydrogen (secondary N) is 2. The fraction of sp³-hybridized carbons (Fsp3) is 0.206. The van der Waals surface area contributed by atoms with Gasteiger partial charge in [-0.2, -0.15) is 0 Å². The van der Waals surface area contributed by atoms with E-state index >= 15 is 0 Å². The van der Waals surface area contributed by atoms with Gasteiger partial charge in [0, 0.05) is 72.2 Å². The average molecular weight is 596 g/mol. The van der Waals surface area contributed by atoms with Crippen LogP contribution in [0.15, 0.2) is 102 Å². The summed E-state index contributed by atoms with van der Waals surface area (Å²) >= 11 is 0. The second-order valence-corrected chi connectivity index (χ2v) is 10.1. The van der Waals surface area contributed by atoms with Gasteiger partial charge in [-0.05, 0) is 72.8 Å². The molecule has 0 saturated heterocycles. The van der Waals surface area contributed by atoms with E-state index < -0.39 is 0 Å². The van der Waals surface area contributed by atoms with Crippen LogP contribution in [-0.2, 0) is 4.84 Å². The van der Waals surface area contributed by atoms with Gasteiger partial charge >= 0.3 is 0 Å². The Bertz CT molecular complexity index is 1440. The molecule has 10 heteroatoms. The molecule has 0 aliphatic carbocycles. The van der Waals surface area contributed by atoms with Crippen molar-refractivity contribution in [2.45, 2.75) is 0 Å². The number of amides is 2. The van der Waals surface area contributed by atoms with Gasteiger partial charge in [-0.1, -0.05) is 29.4 Å². The Hall–Kier alpha value is -5.19. The summed E-state index contributed by atoms with van der Waals surface area (Å²) in [6, 6.07) is 28.9. The summed E-state index contributed by atoms with van der Waals surface area (Å²) < 4.78 is 0. The number of hydrogen-bond acceptors (Lipinski definition) is 8. The van der Waals surface area contributed by atoms with Crippen LogP contribution in [0.1, 0.15) is 31.8 Å². The number of carbonyl (C=O) groups is 2. The Labute approximate surface area is 257 Å². The van der Waals surface area contributed by atoms with Crippen molar-refractivity contribution in [1.29, 1.82) is 0 Å². The number of nitrogens with zero attached hydrogens (tertiary/aromatic N) is 3. The highest BCUT2D eigenvalue weighted by Gasteiger charge is 2.12. The first kappa shape index (κ1) is 31.7. The van der Waals surface area contributed by atoms with Crippen molar-refractivity contribution >= 4 is 40.3 Å². The minimum absolute atomic E-state index is 0.0526. The third-order valence-electron chi connectivity index (χ3n) is 7.03. The highest BCUT2D eigenvalue weighted by Crippen LogP contribution is 2.20. The number of benzene rings is 4. The van der Waals surface area contributed by atoms with E-state index in [2.05, 4.69) is 15.8 Å². The van der Waals surface area contributed by atoms with E-state index in [4.69, 9.17) is 15.1 Å². The van der Waals surface area contributed by atoms with Gasteiger partial charge in [0.1, 0.15) is 12.8 Å². The number of anilines is 4. The molecule has 4 rings (SSSR count). The molecule has 0 aliphatic heterocycles. The van der Waals surface area contributed by atoms with E-state index in [0.29, 0.717) is 41.3 Å². The smallest absolute Gasteiger partial charge is 0.255 e. The zero-order valence-corrected chi connectivity index (χ0v) is 25.0. The summed E-state index contributed by atoms with van der Waals surface area (Å²) in [5.41, 5.74) is 6.27. The van der Waals surface area contributed by atoms with Crippen LogP contribution in [0.2, 0.25) is 0 Å². The molecule has 4 aromatic carbocycles. The van der Waals surface area contributed by atoms with Gasteiger partial charge in [-0.15, -0.1) is 0 Å². The highest BCUT2D eigenvalue weighted by atomic mass is 16.6. The van der Waals surface area contributed by atoms with Crippen molar-refractivity contribution in [3.63, 3.8) is 0 Å². The summed E-state index contributed by atoms with van der Waals surface area (Å²) in [5, 5.41) is 28.3. The first-order valence-electron chi connectivity index (χ1n) is 14.1. The maximum atomic E-state index is 12.8. The van der Waals surface area contributed by atoms with Crippen molar-refractivity contribution in [3.05, 3.63) is 119 Å². The van der Waals surface area contributed by atoms with Crippen molar-refractivity contribution in [3.8, 4) is 0 Å². The van der Waals surface area contributed by atoms with Crippen molar-refractivity contribution in [1.82, 2.24) is 0 Å². The molecular formula is C34H37N5O5. The molecule has 0 fully saturated rings. The normalized spacial score (nSPS) is 10.5. The fourth-order valence-electron chi connectivity index (χ4n) is 4.49. The van der Waals surface area contributed by atoms with Gasteiger partial charge in [0.15, 0.2) is 0 Å². The Morgan fingerprint density at radius 2 is 0.955 bits per heavy atom. The van der Waals surface area contributed by atoms with E-state index in [0.717, 1.165) is 22.5 Å². The van der Waals surface area contributed by atoms with Crippen molar-refractivity contribution in [2.75, 3.05) is 67.9 Å². The predicted molar refractivity (Wildman–Crippen MR) is 175 cm³/mol. The second-order valence-electron chi connectivity index (χ2n) is 10.1. The minimum Gasteiger partial charge on any atom is -0.399 e. The zero-order chi connectivity index (χ0) is 31.5. The van der Waals surface area contributed by atoms with Crippen LogP contribution in [0.4, 0.5) is 22.7 Å². The third-order valence-corrected chi connectivity index (χ3v) is 7.03. The van der Waals surface area contributed by atoms with E-state index in [-0.39, 0.29) is 25.0 Å². The van der Waals surface area contributed by atoms with Crippen LogP contribution >= 0.6 is 0 Å². The molecule has 0 bridgehead atoms. The molecule has 228 valence electrons. The second kappa shape index (κ2) is 15.3. The van der Waals surface area contributed by atoms with Gasteiger partial charge in [-0.25, -0.2) is 0 Å². The van der Waals surface area contributed by atoms with Crippen LogP contribution in [0.25, 0.3) is 0 Å². The highest BCUT2D eigenvalue weighted by molar-refractivity contribution is 6.13. The molecular weight excluding hydrogens is 558 g/mol. The standard InChI is InChI=1S/C34H37N5O5/c1-38(20-22-40)30-16-8-26(9-17-30)33(42)35-28-12-4-24(5-13-28)32(37-44-3)25-6-14-29(15-7-25)36-34(43)27-10-18-31(19-11-27)39(2)21-23-41/h4-19,40-41H,20-23H2,1-3H3,(H,35,42)(H,36,43). The Morgan fingerprint density at radius 1 is 0.614 bits per heavy atom.